The molecule has 152 valence electrons. The zero-order valence-electron chi connectivity index (χ0n) is 31.2. The summed E-state index contributed by atoms with van der Waals surface area (Å²) >= 11 is 0.593. The molecule has 3 aromatic rings. The highest BCUT2D eigenvalue weighted by Crippen LogP contribution is 2.21. The second kappa shape index (κ2) is 10.2. The minimum atomic E-state index is -3.42. The lowest BCUT2D eigenvalue weighted by atomic mass is 10.0. The number of benzene rings is 2. The number of nitrogen functional groups attached to an aromatic ring is 1. The third kappa shape index (κ3) is 6.69. The Balaban J connectivity index is 1.97. The number of aromatic nitrogens is 1. The van der Waals surface area contributed by atoms with E-state index in [4.69, 9.17) is 27.7 Å². The van der Waals surface area contributed by atoms with Gasteiger partial charge in [-0.3, -0.25) is 4.79 Å². The van der Waals surface area contributed by atoms with E-state index in [0.29, 0.717) is 11.3 Å². The quantitative estimate of drug-likeness (QED) is 0.465. The summed E-state index contributed by atoms with van der Waals surface area (Å²) in [7, 11) is 0. The van der Waals surface area contributed by atoms with Gasteiger partial charge in [0.1, 0.15) is 0 Å². The normalized spacial score (nSPS) is 22.4. The molecule has 1 heterocycles. The zero-order valence-corrected chi connectivity index (χ0v) is 16.0. The number of nitrogens with two attached hydrogens (primary N) is 1. The highest BCUT2D eigenvalue weighted by molar-refractivity contribution is 7.13. The number of nitrogens with zero attached hydrogens (tertiary/aromatic N) is 1. The molecule has 1 amide bonds. The first-order valence-corrected chi connectivity index (χ1v) is 9.10. The highest BCUT2D eigenvalue weighted by Gasteiger charge is 2.08. The molecule has 1 atom stereocenters. The number of carbonyl (C=O) groups is 1. The van der Waals surface area contributed by atoms with Gasteiger partial charge >= 0.3 is 0 Å². The summed E-state index contributed by atoms with van der Waals surface area (Å²) in [5.74, 6) is -1.51. The Kier molecular flexibility index (Phi) is 3.01. The maximum absolute atomic E-state index is 12.8. The summed E-state index contributed by atoms with van der Waals surface area (Å²) < 4.78 is 131. The van der Waals surface area contributed by atoms with Crippen molar-refractivity contribution < 1.29 is 31.8 Å². The van der Waals surface area contributed by atoms with Crippen molar-refractivity contribution in [3.05, 3.63) is 76.1 Å². The summed E-state index contributed by atoms with van der Waals surface area (Å²) in [6, 6.07) is -6.91. The molecule has 0 aliphatic carbocycles. The number of nitrogens with one attached hydrogen (secondary N) is 1. The van der Waals surface area contributed by atoms with Crippen LogP contribution in [0.5, 0.6) is 0 Å². The average molecular weight is 426 g/mol. The van der Waals surface area contributed by atoms with E-state index in [1.807, 2.05) is 5.32 Å². The van der Waals surface area contributed by atoms with Gasteiger partial charge in [0.15, 0.2) is 5.13 Å². The Bertz CT molecular complexity index is 1630. The lowest BCUT2D eigenvalue weighted by molar-refractivity contribution is -0.115. The molecule has 0 saturated carbocycles. The molecule has 0 radical (unpaired) electrons. The van der Waals surface area contributed by atoms with Crippen molar-refractivity contribution in [1.82, 2.24) is 4.98 Å². The largest absolute Gasteiger partial charge is 0.388 e. The zero-order chi connectivity index (χ0) is 34.8. The number of anilines is 2. The van der Waals surface area contributed by atoms with E-state index in [1.54, 1.807) is 0 Å². The number of hydrogen-bond donors (Lipinski definition) is 3. The lowest BCUT2D eigenvalue weighted by Gasteiger charge is -2.11. The Hall–Kier alpha value is -2.70. The fraction of sp³-hybridized carbons (Fsp3) is 0.304. The molecule has 2 aromatic carbocycles. The van der Waals surface area contributed by atoms with Crippen LogP contribution in [0.3, 0.4) is 0 Å². The Morgan fingerprint density at radius 3 is 2.66 bits per heavy atom. The van der Waals surface area contributed by atoms with E-state index in [-0.39, 0.29) is 10.7 Å². The van der Waals surface area contributed by atoms with Crippen molar-refractivity contribution in [3.63, 3.8) is 0 Å². The molecule has 4 N–H and O–H groups in total. The molecule has 1 aromatic heterocycles. The average Bonchev–Trinajstić information content (AvgIpc) is 3.29. The fourth-order valence-electron chi connectivity index (χ4n) is 1.98. The number of carbonyl (C=O) groups excluding carboxylic acids is 1. The van der Waals surface area contributed by atoms with Crippen molar-refractivity contribution in [2.24, 2.45) is 0 Å². The summed E-state index contributed by atoms with van der Waals surface area (Å²) in [5, 5.41) is 12.2. The van der Waals surface area contributed by atoms with E-state index in [9.17, 15) is 9.90 Å². The Morgan fingerprint density at radius 2 is 2.00 bits per heavy atom. The van der Waals surface area contributed by atoms with E-state index in [0.717, 1.165) is 0 Å². The van der Waals surface area contributed by atoms with E-state index < -0.39 is 120 Å². The van der Waals surface area contributed by atoms with Gasteiger partial charge in [0.05, 0.1) is 31.9 Å². The van der Waals surface area contributed by atoms with Crippen molar-refractivity contribution in [2.45, 2.75) is 45.0 Å². The predicted octanol–water partition coefficient (Wildman–Crippen LogP) is 4.66. The van der Waals surface area contributed by atoms with E-state index >= 15 is 0 Å². The topological polar surface area (TPSA) is 88.2 Å². The summed E-state index contributed by atoms with van der Waals surface area (Å²) in [4.78, 5) is 16.4. The first-order valence-electron chi connectivity index (χ1n) is 16.3. The number of rotatable bonds is 9. The van der Waals surface area contributed by atoms with Gasteiger partial charge in [0.25, 0.3) is 0 Å². The third-order valence-electron chi connectivity index (χ3n) is 3.28. The van der Waals surface area contributed by atoms with Gasteiger partial charge in [0.2, 0.25) is 5.91 Å². The van der Waals surface area contributed by atoms with Crippen LogP contribution in [0.15, 0.2) is 53.7 Å². The molecule has 0 aliphatic rings. The third-order valence-corrected chi connectivity index (χ3v) is 3.87. The van der Waals surface area contributed by atoms with E-state index in [2.05, 4.69) is 4.98 Å². The molecule has 29 heavy (non-hydrogen) atoms. The van der Waals surface area contributed by atoms with Crippen LogP contribution in [0.4, 0.5) is 10.8 Å². The Morgan fingerprint density at radius 1 is 1.28 bits per heavy atom. The van der Waals surface area contributed by atoms with Gasteiger partial charge in [-0.15, -0.1) is 11.3 Å². The molecule has 0 spiro atoms. The number of amides is 1. The minimum absolute atomic E-state index is 0.102. The monoisotopic (exact) mass is 425 g/mol. The number of hydrogen-bond acceptors (Lipinski definition) is 5. The van der Waals surface area contributed by atoms with Crippen LogP contribution in [-0.2, 0) is 17.5 Å². The second-order valence-corrected chi connectivity index (χ2v) is 6.36. The van der Waals surface area contributed by atoms with Crippen molar-refractivity contribution in [3.8, 4) is 0 Å². The van der Waals surface area contributed by atoms with Gasteiger partial charge in [0, 0.05) is 19.3 Å². The van der Waals surface area contributed by atoms with Crippen LogP contribution in [0.25, 0.3) is 0 Å². The van der Waals surface area contributed by atoms with Crippen LogP contribution in [0.2, 0.25) is 0 Å². The van der Waals surface area contributed by atoms with Crippen LogP contribution < -0.4 is 11.1 Å². The van der Waals surface area contributed by atoms with Crippen molar-refractivity contribution in [1.29, 1.82) is 0 Å². The standard InChI is InChI=1S/C23H27N3O2S/c1-16-6-10-18(11-7-16)21(27)5-3-2-4-17-8-12-19(13-9-17)25-22(28)14-20-15-29-23(24)26-20/h6-13,15,21,27H,2-5,14H2,1H3,(H2,24,26)(H,25,28)/t21-/m0/s1/i4D2,5D2,6D,7D,8D,9D,10D,11D,12D,13D,14D2,15D,21D. The maximum atomic E-state index is 12.8. The summed E-state index contributed by atoms with van der Waals surface area (Å²) in [6.07, 6.45) is -14.4. The molecule has 0 unspecified atom stereocenters. The molecule has 0 fully saturated rings. The molecule has 3 rings (SSSR count). The second-order valence-electron chi connectivity index (χ2n) is 5.53. The molecule has 6 heteroatoms. The lowest BCUT2D eigenvalue weighted by Crippen LogP contribution is -2.14. The van der Waals surface area contributed by atoms with Crippen LogP contribution in [-0.4, -0.2) is 16.0 Å². The summed E-state index contributed by atoms with van der Waals surface area (Å²) in [6.45, 7) is 1.27. The van der Waals surface area contributed by atoms with Gasteiger partial charge in [-0.1, -0.05) is 48.2 Å². The SMILES string of the molecule is [2H]c1sc(N)nc1C([2H])([2H])C(=O)Nc1c([2H])c([2H])c(C([2H])([2H])CCC([2H])([2H])[C@]([2H])(O)c2c([2H])c([2H])c(C)c([2H])c2[2H])c([2H])c1[2H]. The minimum Gasteiger partial charge on any atom is -0.388 e. The van der Waals surface area contributed by atoms with Gasteiger partial charge in [-0.05, 0) is 49.3 Å². The first-order chi connectivity index (χ1) is 20.3. The molecule has 5 nitrogen and oxygen atoms in total. The molecule has 0 bridgehead atoms. The van der Waals surface area contributed by atoms with Crippen LogP contribution in [0.1, 0.15) is 69.6 Å². The molecule has 0 aliphatic heterocycles. The van der Waals surface area contributed by atoms with E-state index in [1.165, 1.54) is 6.92 Å². The molecule has 0 saturated heterocycles. The Labute approximate surface area is 198 Å². The first kappa shape index (κ1) is 8.58. The fourth-order valence-corrected chi connectivity index (χ4v) is 2.41. The number of aliphatic hydroxyl groups is 1. The van der Waals surface area contributed by atoms with Crippen LogP contribution >= 0.6 is 11.3 Å². The van der Waals surface area contributed by atoms with Gasteiger partial charge < -0.3 is 16.2 Å². The predicted molar refractivity (Wildman–Crippen MR) is 119 cm³/mol. The van der Waals surface area contributed by atoms with Gasteiger partial charge in [-0.25, -0.2) is 4.98 Å². The highest BCUT2D eigenvalue weighted by atomic mass is 32.1. The smallest absolute Gasteiger partial charge is 0.230 e. The molecular formula is C23H27N3O2S. The van der Waals surface area contributed by atoms with Crippen LogP contribution in [0, 0.1) is 6.92 Å². The van der Waals surface area contributed by atoms with Gasteiger partial charge in [-0.2, -0.15) is 0 Å². The van der Waals surface area contributed by atoms with Crippen molar-refractivity contribution >= 4 is 28.1 Å². The molecular weight excluding hydrogens is 382 g/mol. The maximum Gasteiger partial charge on any atom is 0.230 e. The number of thiazole rings is 1. The summed E-state index contributed by atoms with van der Waals surface area (Å²) in [5.41, 5.74) is 2.06. The van der Waals surface area contributed by atoms with Crippen molar-refractivity contribution in [2.75, 3.05) is 11.1 Å².